The number of aromatic amines is 1. The molecule has 3 heterocycles. The zero-order chi connectivity index (χ0) is 15.4. The summed E-state index contributed by atoms with van der Waals surface area (Å²) in [6, 6.07) is 1.82. The third-order valence-corrected chi connectivity index (χ3v) is 3.82. The fraction of sp³-hybridized carbons (Fsp3) is 0.467. The van der Waals surface area contributed by atoms with Gasteiger partial charge in [-0.05, 0) is 31.7 Å². The normalized spacial score (nSPS) is 18.2. The van der Waals surface area contributed by atoms with Crippen LogP contribution in [0.1, 0.15) is 29.2 Å². The van der Waals surface area contributed by atoms with E-state index in [2.05, 4.69) is 30.2 Å². The monoisotopic (exact) mass is 300 g/mol. The molecule has 0 bridgehead atoms. The molecule has 0 spiro atoms. The van der Waals surface area contributed by atoms with Gasteiger partial charge in [0, 0.05) is 43.9 Å². The quantitative estimate of drug-likeness (QED) is 0.884. The second-order valence-electron chi connectivity index (χ2n) is 5.63. The highest BCUT2D eigenvalue weighted by molar-refractivity contribution is 5.90. The lowest BCUT2D eigenvalue weighted by molar-refractivity contribution is 0.0936. The number of nitrogens with zero attached hydrogens (tertiary/aromatic N) is 4. The van der Waals surface area contributed by atoms with Crippen molar-refractivity contribution < 1.29 is 4.79 Å². The lowest BCUT2D eigenvalue weighted by Gasteiger charge is -2.32. The predicted molar refractivity (Wildman–Crippen MR) is 82.6 cm³/mol. The van der Waals surface area contributed by atoms with Crippen LogP contribution in [0.4, 0.5) is 5.95 Å². The lowest BCUT2D eigenvalue weighted by Crippen LogP contribution is -2.41. The number of hydrogen-bond donors (Lipinski definition) is 2. The third-order valence-electron chi connectivity index (χ3n) is 3.82. The number of imidazole rings is 1. The van der Waals surface area contributed by atoms with E-state index in [1.807, 2.05) is 13.0 Å². The summed E-state index contributed by atoms with van der Waals surface area (Å²) in [4.78, 5) is 29.8. The van der Waals surface area contributed by atoms with Crippen LogP contribution in [0.5, 0.6) is 0 Å². The highest BCUT2D eigenvalue weighted by Gasteiger charge is 2.22. The Kier molecular flexibility index (Phi) is 4.32. The van der Waals surface area contributed by atoms with Gasteiger partial charge in [0.1, 0.15) is 0 Å². The van der Waals surface area contributed by atoms with Crippen molar-refractivity contribution in [2.24, 2.45) is 5.92 Å². The minimum absolute atomic E-state index is 0.152. The van der Waals surface area contributed by atoms with E-state index in [9.17, 15) is 4.79 Å². The average Bonchev–Trinajstić information content (AvgIpc) is 3.00. The van der Waals surface area contributed by atoms with Crippen LogP contribution in [-0.2, 0) is 0 Å². The molecule has 1 aliphatic rings. The SMILES string of the molecule is Cc1cnc(C(=O)NCC2CCCN(c3ncccn3)C2)[nH]1. The first kappa shape index (κ1) is 14.5. The van der Waals surface area contributed by atoms with Gasteiger partial charge in [-0.15, -0.1) is 0 Å². The standard InChI is InChI=1S/C15H20N6O/c1-11-8-18-13(20-11)14(22)19-9-12-4-2-7-21(10-12)15-16-5-3-6-17-15/h3,5-6,8,12H,2,4,7,9-10H2,1H3,(H,18,20)(H,19,22). The number of anilines is 1. The van der Waals surface area contributed by atoms with Crippen molar-refractivity contribution in [2.45, 2.75) is 19.8 Å². The Balaban J connectivity index is 1.53. The van der Waals surface area contributed by atoms with E-state index in [0.29, 0.717) is 18.3 Å². The molecule has 0 aliphatic carbocycles. The molecule has 22 heavy (non-hydrogen) atoms. The molecular formula is C15H20N6O. The summed E-state index contributed by atoms with van der Waals surface area (Å²) in [6.07, 6.45) is 7.35. The molecule has 7 nitrogen and oxygen atoms in total. The maximum atomic E-state index is 12.0. The highest BCUT2D eigenvalue weighted by Crippen LogP contribution is 2.19. The molecule has 1 unspecified atom stereocenters. The Hall–Kier alpha value is -2.44. The van der Waals surface area contributed by atoms with Crippen LogP contribution >= 0.6 is 0 Å². The maximum absolute atomic E-state index is 12.0. The third kappa shape index (κ3) is 3.41. The van der Waals surface area contributed by atoms with Crippen molar-refractivity contribution in [1.29, 1.82) is 0 Å². The molecule has 2 aromatic heterocycles. The molecule has 1 atom stereocenters. The van der Waals surface area contributed by atoms with E-state index in [1.165, 1.54) is 0 Å². The van der Waals surface area contributed by atoms with Crippen LogP contribution in [0, 0.1) is 12.8 Å². The summed E-state index contributed by atoms with van der Waals surface area (Å²) < 4.78 is 0. The zero-order valence-electron chi connectivity index (χ0n) is 12.6. The summed E-state index contributed by atoms with van der Waals surface area (Å²) in [5.41, 5.74) is 0.884. The highest BCUT2D eigenvalue weighted by atomic mass is 16.2. The second-order valence-corrected chi connectivity index (χ2v) is 5.63. The molecule has 7 heteroatoms. The van der Waals surface area contributed by atoms with Gasteiger partial charge in [-0.2, -0.15) is 0 Å². The van der Waals surface area contributed by atoms with E-state index in [4.69, 9.17) is 0 Å². The molecule has 1 amide bonds. The number of piperidine rings is 1. The van der Waals surface area contributed by atoms with Crippen molar-refractivity contribution in [3.63, 3.8) is 0 Å². The second kappa shape index (κ2) is 6.55. The van der Waals surface area contributed by atoms with Gasteiger partial charge in [-0.25, -0.2) is 15.0 Å². The Morgan fingerprint density at radius 2 is 2.23 bits per heavy atom. The van der Waals surface area contributed by atoms with Gasteiger partial charge in [0.2, 0.25) is 5.95 Å². The van der Waals surface area contributed by atoms with E-state index < -0.39 is 0 Å². The number of aromatic nitrogens is 4. The molecule has 1 aliphatic heterocycles. The van der Waals surface area contributed by atoms with E-state index >= 15 is 0 Å². The summed E-state index contributed by atoms with van der Waals surface area (Å²) in [5.74, 6) is 1.38. The largest absolute Gasteiger partial charge is 0.349 e. The maximum Gasteiger partial charge on any atom is 0.287 e. The summed E-state index contributed by atoms with van der Waals surface area (Å²) >= 11 is 0. The van der Waals surface area contributed by atoms with E-state index in [-0.39, 0.29) is 5.91 Å². The Labute approximate surface area is 129 Å². The van der Waals surface area contributed by atoms with Crippen molar-refractivity contribution in [3.05, 3.63) is 36.2 Å². The smallest absolute Gasteiger partial charge is 0.287 e. The summed E-state index contributed by atoms with van der Waals surface area (Å²) in [7, 11) is 0. The van der Waals surface area contributed by atoms with Gasteiger partial charge < -0.3 is 15.2 Å². The van der Waals surface area contributed by atoms with E-state index in [1.54, 1.807) is 18.6 Å². The topological polar surface area (TPSA) is 86.8 Å². The number of nitrogens with one attached hydrogen (secondary N) is 2. The predicted octanol–water partition coefficient (Wildman–Crippen LogP) is 1.15. The number of hydrogen-bond acceptors (Lipinski definition) is 5. The average molecular weight is 300 g/mol. The molecule has 2 aromatic rings. The minimum Gasteiger partial charge on any atom is -0.349 e. The van der Waals surface area contributed by atoms with Crippen LogP contribution < -0.4 is 10.2 Å². The van der Waals surface area contributed by atoms with Crippen molar-refractivity contribution in [1.82, 2.24) is 25.3 Å². The van der Waals surface area contributed by atoms with Crippen molar-refractivity contribution >= 4 is 11.9 Å². The first-order chi connectivity index (χ1) is 10.7. The summed E-state index contributed by atoms with van der Waals surface area (Å²) in [6.45, 7) is 4.35. The first-order valence-electron chi connectivity index (χ1n) is 7.54. The lowest BCUT2D eigenvalue weighted by atomic mass is 9.98. The van der Waals surface area contributed by atoms with Gasteiger partial charge in [0.15, 0.2) is 5.82 Å². The Morgan fingerprint density at radius 1 is 1.41 bits per heavy atom. The molecule has 1 fully saturated rings. The molecule has 2 N–H and O–H groups in total. The fourth-order valence-electron chi connectivity index (χ4n) is 2.72. The van der Waals surface area contributed by atoms with Gasteiger partial charge >= 0.3 is 0 Å². The number of rotatable bonds is 4. The first-order valence-corrected chi connectivity index (χ1v) is 7.54. The van der Waals surface area contributed by atoms with Gasteiger partial charge in [0.05, 0.1) is 0 Å². The van der Waals surface area contributed by atoms with Crippen molar-refractivity contribution in [2.75, 3.05) is 24.5 Å². The van der Waals surface area contributed by atoms with Crippen LogP contribution in [0.3, 0.4) is 0 Å². The van der Waals surface area contributed by atoms with E-state index in [0.717, 1.165) is 37.6 Å². The molecule has 0 saturated carbocycles. The number of carbonyl (C=O) groups excluding carboxylic acids is 1. The molecule has 3 rings (SSSR count). The van der Waals surface area contributed by atoms with Gasteiger partial charge in [0.25, 0.3) is 5.91 Å². The molecule has 0 aromatic carbocycles. The number of H-pyrrole nitrogens is 1. The number of carbonyl (C=O) groups is 1. The molecular weight excluding hydrogens is 280 g/mol. The van der Waals surface area contributed by atoms with Gasteiger partial charge in [-0.1, -0.05) is 0 Å². The molecule has 0 radical (unpaired) electrons. The Morgan fingerprint density at radius 3 is 2.95 bits per heavy atom. The number of amides is 1. The Bertz CT molecular complexity index is 626. The van der Waals surface area contributed by atoms with Crippen molar-refractivity contribution in [3.8, 4) is 0 Å². The van der Waals surface area contributed by atoms with Crippen LogP contribution in [-0.4, -0.2) is 45.5 Å². The molecule has 1 saturated heterocycles. The molecule has 116 valence electrons. The van der Waals surface area contributed by atoms with Crippen LogP contribution in [0.2, 0.25) is 0 Å². The number of aryl methyl sites for hydroxylation is 1. The van der Waals surface area contributed by atoms with Crippen LogP contribution in [0.25, 0.3) is 0 Å². The summed E-state index contributed by atoms with van der Waals surface area (Å²) in [5, 5.41) is 2.95. The zero-order valence-corrected chi connectivity index (χ0v) is 12.6. The fourth-order valence-corrected chi connectivity index (χ4v) is 2.72. The van der Waals surface area contributed by atoms with Crippen LogP contribution in [0.15, 0.2) is 24.7 Å². The van der Waals surface area contributed by atoms with Gasteiger partial charge in [-0.3, -0.25) is 4.79 Å². The minimum atomic E-state index is -0.152.